The lowest BCUT2D eigenvalue weighted by atomic mass is 10.1. The van der Waals surface area contributed by atoms with E-state index in [0.717, 1.165) is 11.1 Å². The quantitative estimate of drug-likeness (QED) is 0.789. The van der Waals surface area contributed by atoms with Gasteiger partial charge in [0.05, 0.1) is 11.4 Å². The number of imidazole rings is 1. The molecular formula is C12H10Cl2N2. The SMILES string of the molecule is Cc1ccc(/C(Cl)=C/n2ccnc2)c(Cl)c1. The third kappa shape index (κ3) is 2.46. The summed E-state index contributed by atoms with van der Waals surface area (Å²) in [5, 5.41) is 1.24. The van der Waals surface area contributed by atoms with Crippen molar-refractivity contribution in [3.05, 3.63) is 53.1 Å². The first kappa shape index (κ1) is 11.2. The maximum Gasteiger partial charge on any atom is 0.0987 e. The molecule has 1 aromatic heterocycles. The number of benzene rings is 1. The van der Waals surface area contributed by atoms with Gasteiger partial charge in [0.25, 0.3) is 0 Å². The van der Waals surface area contributed by atoms with Gasteiger partial charge in [-0.05, 0) is 18.6 Å². The normalized spacial score (nSPS) is 11.8. The lowest BCUT2D eigenvalue weighted by molar-refractivity contribution is 1.14. The Labute approximate surface area is 104 Å². The molecule has 0 atom stereocenters. The fourth-order valence-electron chi connectivity index (χ4n) is 1.36. The second kappa shape index (κ2) is 4.73. The summed E-state index contributed by atoms with van der Waals surface area (Å²) < 4.78 is 1.78. The largest absolute Gasteiger partial charge is 0.312 e. The maximum atomic E-state index is 6.18. The maximum absolute atomic E-state index is 6.18. The summed E-state index contributed by atoms with van der Waals surface area (Å²) in [7, 11) is 0. The third-order valence-electron chi connectivity index (χ3n) is 2.17. The fourth-order valence-corrected chi connectivity index (χ4v) is 2.02. The van der Waals surface area contributed by atoms with Crippen molar-refractivity contribution in [3.63, 3.8) is 0 Å². The van der Waals surface area contributed by atoms with Crippen LogP contribution >= 0.6 is 23.2 Å². The molecule has 0 bridgehead atoms. The van der Waals surface area contributed by atoms with Gasteiger partial charge < -0.3 is 4.57 Å². The van der Waals surface area contributed by atoms with Crippen LogP contribution in [-0.4, -0.2) is 9.55 Å². The number of aromatic nitrogens is 2. The summed E-state index contributed by atoms with van der Waals surface area (Å²) in [6.45, 7) is 1.99. The van der Waals surface area contributed by atoms with Gasteiger partial charge in [-0.3, -0.25) is 0 Å². The second-order valence-electron chi connectivity index (χ2n) is 3.47. The molecule has 1 heterocycles. The Morgan fingerprint density at radius 1 is 1.44 bits per heavy atom. The second-order valence-corrected chi connectivity index (χ2v) is 4.28. The summed E-state index contributed by atoms with van der Waals surface area (Å²) in [5.74, 6) is 0. The van der Waals surface area contributed by atoms with E-state index in [9.17, 15) is 0 Å². The van der Waals surface area contributed by atoms with E-state index >= 15 is 0 Å². The van der Waals surface area contributed by atoms with Gasteiger partial charge in [-0.15, -0.1) is 0 Å². The van der Waals surface area contributed by atoms with Crippen LogP contribution in [0.3, 0.4) is 0 Å². The molecule has 2 aromatic rings. The zero-order chi connectivity index (χ0) is 11.5. The molecule has 0 fully saturated rings. The Morgan fingerprint density at radius 3 is 2.88 bits per heavy atom. The topological polar surface area (TPSA) is 17.8 Å². The average molecular weight is 253 g/mol. The molecule has 0 N–H and O–H groups in total. The van der Waals surface area contributed by atoms with Crippen molar-refractivity contribution in [1.82, 2.24) is 9.55 Å². The van der Waals surface area contributed by atoms with Gasteiger partial charge in [0.2, 0.25) is 0 Å². The van der Waals surface area contributed by atoms with Crippen LogP contribution in [0.5, 0.6) is 0 Å². The van der Waals surface area contributed by atoms with Crippen molar-refractivity contribution in [2.45, 2.75) is 6.92 Å². The highest BCUT2D eigenvalue weighted by Gasteiger charge is 2.04. The summed E-state index contributed by atoms with van der Waals surface area (Å²) in [6, 6.07) is 5.78. The number of hydrogen-bond donors (Lipinski definition) is 0. The van der Waals surface area contributed by atoms with Crippen LogP contribution in [0, 0.1) is 6.92 Å². The van der Waals surface area contributed by atoms with E-state index in [1.807, 2.05) is 31.3 Å². The van der Waals surface area contributed by atoms with E-state index in [0.29, 0.717) is 10.1 Å². The number of nitrogens with zero attached hydrogens (tertiary/aromatic N) is 2. The van der Waals surface area contributed by atoms with Crippen LogP contribution in [0.15, 0.2) is 36.9 Å². The Kier molecular flexibility index (Phi) is 3.32. The van der Waals surface area contributed by atoms with Gasteiger partial charge in [-0.2, -0.15) is 0 Å². The minimum Gasteiger partial charge on any atom is -0.312 e. The first-order chi connectivity index (χ1) is 7.66. The molecule has 0 aliphatic rings. The monoisotopic (exact) mass is 252 g/mol. The smallest absolute Gasteiger partial charge is 0.0987 e. The molecule has 0 radical (unpaired) electrons. The van der Waals surface area contributed by atoms with Crippen molar-refractivity contribution >= 4 is 34.4 Å². The van der Waals surface area contributed by atoms with E-state index in [4.69, 9.17) is 23.2 Å². The van der Waals surface area contributed by atoms with Crippen LogP contribution in [-0.2, 0) is 0 Å². The van der Waals surface area contributed by atoms with Gasteiger partial charge in [0, 0.05) is 29.2 Å². The summed E-state index contributed by atoms with van der Waals surface area (Å²) in [6.07, 6.45) is 6.94. The lowest BCUT2D eigenvalue weighted by Gasteiger charge is -2.04. The number of aryl methyl sites for hydroxylation is 1. The molecule has 16 heavy (non-hydrogen) atoms. The molecule has 0 amide bonds. The highest BCUT2D eigenvalue weighted by atomic mass is 35.5. The van der Waals surface area contributed by atoms with Gasteiger partial charge in [0.15, 0.2) is 0 Å². The van der Waals surface area contributed by atoms with Crippen molar-refractivity contribution in [2.75, 3.05) is 0 Å². The number of rotatable bonds is 2. The third-order valence-corrected chi connectivity index (χ3v) is 2.78. The predicted octanol–water partition coefficient (Wildman–Crippen LogP) is 4.04. The van der Waals surface area contributed by atoms with E-state index in [1.165, 1.54) is 0 Å². The van der Waals surface area contributed by atoms with Crippen LogP contribution in [0.25, 0.3) is 11.2 Å². The van der Waals surface area contributed by atoms with Crippen molar-refractivity contribution in [1.29, 1.82) is 0 Å². The lowest BCUT2D eigenvalue weighted by Crippen LogP contribution is -1.85. The van der Waals surface area contributed by atoms with Gasteiger partial charge in [-0.1, -0.05) is 35.3 Å². The molecule has 0 unspecified atom stereocenters. The number of hydrogen-bond acceptors (Lipinski definition) is 1. The minimum atomic E-state index is 0.586. The highest BCUT2D eigenvalue weighted by molar-refractivity contribution is 6.52. The zero-order valence-electron chi connectivity index (χ0n) is 8.69. The predicted molar refractivity (Wildman–Crippen MR) is 68.4 cm³/mol. The molecule has 0 spiro atoms. The van der Waals surface area contributed by atoms with Gasteiger partial charge >= 0.3 is 0 Å². The minimum absolute atomic E-state index is 0.586. The molecule has 2 nitrogen and oxygen atoms in total. The zero-order valence-corrected chi connectivity index (χ0v) is 10.2. The van der Waals surface area contributed by atoms with Gasteiger partial charge in [-0.25, -0.2) is 4.98 Å². The molecule has 82 valence electrons. The van der Waals surface area contributed by atoms with Crippen LogP contribution in [0.1, 0.15) is 11.1 Å². The molecule has 0 saturated heterocycles. The highest BCUT2D eigenvalue weighted by Crippen LogP contribution is 2.28. The molecule has 4 heteroatoms. The first-order valence-corrected chi connectivity index (χ1v) is 5.53. The average Bonchev–Trinajstić information content (AvgIpc) is 2.70. The van der Waals surface area contributed by atoms with Crippen molar-refractivity contribution in [2.24, 2.45) is 0 Å². The number of halogens is 2. The van der Waals surface area contributed by atoms with Crippen LogP contribution < -0.4 is 0 Å². The molecule has 0 aliphatic heterocycles. The Balaban J connectivity index is 2.37. The standard InChI is InChI=1S/C12H10Cl2N2/c1-9-2-3-10(11(13)6-9)12(14)7-16-5-4-15-8-16/h2-8H,1H3/b12-7-. The Bertz CT molecular complexity index is 516. The van der Waals surface area contributed by atoms with E-state index in [1.54, 1.807) is 23.3 Å². The summed E-state index contributed by atoms with van der Waals surface area (Å²) in [4.78, 5) is 3.93. The summed E-state index contributed by atoms with van der Waals surface area (Å²) >= 11 is 12.3. The molecular weight excluding hydrogens is 243 g/mol. The Morgan fingerprint density at radius 2 is 2.25 bits per heavy atom. The summed E-state index contributed by atoms with van der Waals surface area (Å²) in [5.41, 5.74) is 1.93. The van der Waals surface area contributed by atoms with Crippen molar-refractivity contribution in [3.8, 4) is 0 Å². The van der Waals surface area contributed by atoms with Gasteiger partial charge in [0.1, 0.15) is 0 Å². The molecule has 1 aromatic carbocycles. The van der Waals surface area contributed by atoms with E-state index in [2.05, 4.69) is 4.98 Å². The van der Waals surface area contributed by atoms with Crippen molar-refractivity contribution < 1.29 is 0 Å². The van der Waals surface area contributed by atoms with E-state index in [-0.39, 0.29) is 0 Å². The van der Waals surface area contributed by atoms with Crippen LogP contribution in [0.4, 0.5) is 0 Å². The van der Waals surface area contributed by atoms with Crippen LogP contribution in [0.2, 0.25) is 5.02 Å². The molecule has 2 rings (SSSR count). The Hall–Kier alpha value is -1.25. The fraction of sp³-hybridized carbons (Fsp3) is 0.0833. The van der Waals surface area contributed by atoms with E-state index < -0.39 is 0 Å². The molecule has 0 saturated carbocycles. The first-order valence-electron chi connectivity index (χ1n) is 4.78. The molecule has 0 aliphatic carbocycles.